The SMILES string of the molecule is CN(C)CCN1CCc2ccc(Cl)cc21.O=C(O)/C=C/C(=O)O. The highest BCUT2D eigenvalue weighted by molar-refractivity contribution is 6.30. The second-order valence-electron chi connectivity index (χ2n) is 5.32. The minimum atomic E-state index is -1.26. The third-order valence-corrected chi connectivity index (χ3v) is 3.46. The van der Waals surface area contributed by atoms with E-state index in [-0.39, 0.29) is 0 Å². The van der Waals surface area contributed by atoms with Crippen LogP contribution in [0.1, 0.15) is 5.56 Å². The zero-order chi connectivity index (χ0) is 17.4. The van der Waals surface area contributed by atoms with E-state index in [0.29, 0.717) is 12.2 Å². The van der Waals surface area contributed by atoms with Crippen LogP contribution in [0.15, 0.2) is 30.4 Å². The molecule has 0 fully saturated rings. The molecule has 126 valence electrons. The fourth-order valence-electron chi connectivity index (χ4n) is 2.11. The van der Waals surface area contributed by atoms with Crippen LogP contribution in [0.4, 0.5) is 5.69 Å². The van der Waals surface area contributed by atoms with Gasteiger partial charge in [-0.1, -0.05) is 17.7 Å². The molecule has 2 rings (SSSR count). The lowest BCUT2D eigenvalue weighted by molar-refractivity contribution is -0.134. The molecule has 1 heterocycles. The lowest BCUT2D eigenvalue weighted by atomic mass is 10.2. The Balaban J connectivity index is 0.000000284. The molecular formula is C16H21ClN2O4. The van der Waals surface area contributed by atoms with E-state index in [0.717, 1.165) is 31.1 Å². The molecule has 0 amide bonds. The molecule has 0 bridgehead atoms. The second kappa shape index (κ2) is 9.17. The molecule has 6 nitrogen and oxygen atoms in total. The van der Waals surface area contributed by atoms with Gasteiger partial charge in [0.05, 0.1) is 0 Å². The number of aliphatic carboxylic acids is 2. The zero-order valence-corrected chi connectivity index (χ0v) is 14.0. The van der Waals surface area contributed by atoms with Crippen molar-refractivity contribution in [1.82, 2.24) is 4.90 Å². The highest BCUT2D eigenvalue weighted by atomic mass is 35.5. The van der Waals surface area contributed by atoms with Gasteiger partial charge in [-0.3, -0.25) is 0 Å². The van der Waals surface area contributed by atoms with Crippen molar-refractivity contribution in [3.63, 3.8) is 0 Å². The van der Waals surface area contributed by atoms with E-state index in [1.54, 1.807) is 0 Å². The third-order valence-electron chi connectivity index (χ3n) is 3.22. The van der Waals surface area contributed by atoms with Crippen LogP contribution < -0.4 is 4.90 Å². The van der Waals surface area contributed by atoms with Gasteiger partial charge in [0.25, 0.3) is 0 Å². The van der Waals surface area contributed by atoms with Crippen molar-refractivity contribution in [2.24, 2.45) is 0 Å². The van der Waals surface area contributed by atoms with E-state index in [1.165, 1.54) is 11.3 Å². The molecule has 23 heavy (non-hydrogen) atoms. The average Bonchev–Trinajstić information content (AvgIpc) is 2.86. The number of carboxylic acid groups (broad SMARTS) is 2. The number of anilines is 1. The van der Waals surface area contributed by atoms with E-state index in [2.05, 4.69) is 36.0 Å². The number of benzene rings is 1. The summed E-state index contributed by atoms with van der Waals surface area (Å²) in [5, 5.41) is 16.5. The van der Waals surface area contributed by atoms with Gasteiger partial charge in [-0.2, -0.15) is 0 Å². The number of likely N-dealkylation sites (N-methyl/N-ethyl adjacent to an activating group) is 1. The Labute approximate surface area is 140 Å². The molecule has 0 atom stereocenters. The predicted octanol–water partition coefficient (Wildman–Crippen LogP) is 1.98. The van der Waals surface area contributed by atoms with E-state index in [1.807, 2.05) is 6.07 Å². The van der Waals surface area contributed by atoms with E-state index in [4.69, 9.17) is 21.8 Å². The smallest absolute Gasteiger partial charge is 0.328 e. The van der Waals surface area contributed by atoms with Gasteiger partial charge >= 0.3 is 11.9 Å². The standard InChI is InChI=1S/C12H17ClN2.C4H4O4/c1-14(2)7-8-15-6-5-10-3-4-11(13)9-12(10)15;5-3(6)1-2-4(7)8/h3-4,9H,5-8H2,1-2H3;1-2H,(H,5,6)(H,7,8)/b;2-1+. The van der Waals surface area contributed by atoms with Crippen LogP contribution in [-0.2, 0) is 16.0 Å². The molecule has 0 spiro atoms. The van der Waals surface area contributed by atoms with Crippen molar-refractivity contribution < 1.29 is 19.8 Å². The van der Waals surface area contributed by atoms with E-state index in [9.17, 15) is 9.59 Å². The highest BCUT2D eigenvalue weighted by Crippen LogP contribution is 2.30. The van der Waals surface area contributed by atoms with Gasteiger partial charge in [0.2, 0.25) is 0 Å². The minimum absolute atomic E-state index is 0.558. The topological polar surface area (TPSA) is 81.1 Å². The average molecular weight is 341 g/mol. The quantitative estimate of drug-likeness (QED) is 0.798. The first-order chi connectivity index (χ1) is 10.8. The lowest BCUT2D eigenvalue weighted by Gasteiger charge is -2.21. The number of hydrogen-bond acceptors (Lipinski definition) is 4. The van der Waals surface area contributed by atoms with Gasteiger partial charge in [-0.05, 0) is 38.2 Å². The van der Waals surface area contributed by atoms with Crippen LogP contribution in [-0.4, -0.2) is 60.8 Å². The largest absolute Gasteiger partial charge is 0.478 e. The number of nitrogens with zero attached hydrogens (tertiary/aromatic N) is 2. The maximum atomic E-state index is 9.55. The van der Waals surface area contributed by atoms with Gasteiger partial charge in [0.15, 0.2) is 0 Å². The number of fused-ring (bicyclic) bond motifs is 1. The predicted molar refractivity (Wildman–Crippen MR) is 90.3 cm³/mol. The van der Waals surface area contributed by atoms with Crippen molar-refractivity contribution in [2.45, 2.75) is 6.42 Å². The van der Waals surface area contributed by atoms with Crippen LogP contribution >= 0.6 is 11.6 Å². The first-order valence-corrected chi connectivity index (χ1v) is 7.49. The summed E-state index contributed by atoms with van der Waals surface area (Å²) < 4.78 is 0. The normalized spacial score (nSPS) is 13.0. The van der Waals surface area contributed by atoms with Gasteiger partial charge in [-0.15, -0.1) is 0 Å². The van der Waals surface area contributed by atoms with Gasteiger partial charge in [0.1, 0.15) is 0 Å². The second-order valence-corrected chi connectivity index (χ2v) is 5.76. The number of carbonyl (C=O) groups is 2. The van der Waals surface area contributed by atoms with Crippen LogP contribution in [0.5, 0.6) is 0 Å². The van der Waals surface area contributed by atoms with E-state index >= 15 is 0 Å². The Hall–Kier alpha value is -2.05. The third kappa shape index (κ3) is 7.17. The van der Waals surface area contributed by atoms with Crippen LogP contribution in [0, 0.1) is 0 Å². The van der Waals surface area contributed by atoms with Gasteiger partial charge in [-0.25, -0.2) is 9.59 Å². The Bertz CT molecular complexity index is 571. The Morgan fingerprint density at radius 3 is 2.39 bits per heavy atom. The number of halogens is 1. The fraction of sp³-hybridized carbons (Fsp3) is 0.375. The maximum Gasteiger partial charge on any atom is 0.328 e. The molecule has 1 aromatic rings. The summed E-state index contributed by atoms with van der Waals surface area (Å²) in [6.45, 7) is 3.30. The monoisotopic (exact) mass is 340 g/mol. The molecule has 1 aliphatic heterocycles. The Kier molecular flexibility index (Phi) is 7.57. The first-order valence-electron chi connectivity index (χ1n) is 7.11. The molecule has 0 saturated carbocycles. The highest BCUT2D eigenvalue weighted by Gasteiger charge is 2.18. The van der Waals surface area contributed by atoms with Crippen molar-refractivity contribution >= 4 is 29.2 Å². The molecule has 0 saturated heterocycles. The summed E-state index contributed by atoms with van der Waals surface area (Å²) in [5.74, 6) is -2.51. The molecule has 1 aromatic carbocycles. The van der Waals surface area contributed by atoms with Crippen LogP contribution in [0.3, 0.4) is 0 Å². The van der Waals surface area contributed by atoms with Crippen molar-refractivity contribution in [3.8, 4) is 0 Å². The lowest BCUT2D eigenvalue weighted by Crippen LogP contribution is -2.30. The summed E-state index contributed by atoms with van der Waals surface area (Å²) in [5.41, 5.74) is 2.75. The Morgan fingerprint density at radius 1 is 1.26 bits per heavy atom. The number of hydrogen-bond donors (Lipinski definition) is 2. The van der Waals surface area contributed by atoms with Crippen molar-refractivity contribution in [2.75, 3.05) is 38.6 Å². The Morgan fingerprint density at radius 2 is 1.87 bits per heavy atom. The molecule has 0 unspecified atom stereocenters. The molecular weight excluding hydrogens is 320 g/mol. The summed E-state index contributed by atoms with van der Waals surface area (Å²) in [6.07, 6.45) is 2.27. The summed E-state index contributed by atoms with van der Waals surface area (Å²) in [7, 11) is 4.21. The van der Waals surface area contributed by atoms with Crippen molar-refractivity contribution in [1.29, 1.82) is 0 Å². The summed E-state index contributed by atoms with van der Waals surface area (Å²) in [6, 6.07) is 6.21. The summed E-state index contributed by atoms with van der Waals surface area (Å²) >= 11 is 6.01. The van der Waals surface area contributed by atoms with Gasteiger partial charge in [0, 0.05) is 42.5 Å². The fourth-order valence-corrected chi connectivity index (χ4v) is 2.28. The number of rotatable bonds is 5. The number of carboxylic acids is 2. The van der Waals surface area contributed by atoms with Gasteiger partial charge < -0.3 is 20.0 Å². The van der Waals surface area contributed by atoms with Crippen LogP contribution in [0.25, 0.3) is 0 Å². The van der Waals surface area contributed by atoms with Crippen molar-refractivity contribution in [3.05, 3.63) is 40.9 Å². The zero-order valence-electron chi connectivity index (χ0n) is 13.2. The molecule has 2 N–H and O–H groups in total. The first kappa shape index (κ1) is 19.0. The molecule has 7 heteroatoms. The molecule has 0 aliphatic carbocycles. The molecule has 1 aliphatic rings. The molecule has 0 radical (unpaired) electrons. The maximum absolute atomic E-state index is 9.55. The molecule has 0 aromatic heterocycles. The van der Waals surface area contributed by atoms with Crippen LogP contribution in [0.2, 0.25) is 5.02 Å². The van der Waals surface area contributed by atoms with E-state index < -0.39 is 11.9 Å². The minimum Gasteiger partial charge on any atom is -0.478 e. The summed E-state index contributed by atoms with van der Waals surface area (Å²) in [4.78, 5) is 23.7.